The number of anilines is 2. The molecule has 1 amide bonds. The molecule has 3 aromatic rings. The van der Waals surface area contributed by atoms with E-state index >= 15 is 0 Å². The van der Waals surface area contributed by atoms with E-state index in [0.29, 0.717) is 5.75 Å². The Balaban J connectivity index is 1.86. The number of carbonyl (C=O) groups excluding carboxylic acids is 1. The van der Waals surface area contributed by atoms with Gasteiger partial charge < -0.3 is 15.4 Å². The van der Waals surface area contributed by atoms with Gasteiger partial charge in [0.2, 0.25) is 0 Å². The number of rotatable bonds is 6. The molecule has 0 unspecified atom stereocenters. The molecule has 8 heteroatoms. The number of aromatic amines is 1. The number of nitrogens with zero attached hydrogens (tertiary/aromatic N) is 2. The lowest BCUT2D eigenvalue weighted by atomic mass is 10.2. The van der Waals surface area contributed by atoms with Crippen molar-refractivity contribution >= 4 is 17.4 Å². The van der Waals surface area contributed by atoms with Gasteiger partial charge in [-0.2, -0.15) is 0 Å². The van der Waals surface area contributed by atoms with Crippen LogP contribution >= 0.6 is 0 Å². The fraction of sp³-hybridized carbons (Fsp3) is 0.150. The predicted molar refractivity (Wildman–Crippen MR) is 107 cm³/mol. The van der Waals surface area contributed by atoms with Crippen molar-refractivity contribution in [1.29, 1.82) is 0 Å². The van der Waals surface area contributed by atoms with E-state index in [1.54, 1.807) is 24.3 Å². The van der Waals surface area contributed by atoms with Crippen LogP contribution in [0.2, 0.25) is 0 Å². The molecule has 0 saturated heterocycles. The molecule has 1 aromatic heterocycles. The van der Waals surface area contributed by atoms with E-state index in [1.165, 1.54) is 11.6 Å². The Morgan fingerprint density at radius 2 is 1.68 bits per heavy atom. The average molecular weight is 380 g/mol. The highest BCUT2D eigenvalue weighted by Crippen LogP contribution is 2.17. The van der Waals surface area contributed by atoms with E-state index in [-0.39, 0.29) is 24.7 Å². The van der Waals surface area contributed by atoms with Crippen LogP contribution in [0, 0.1) is 0 Å². The standard InChI is InChI=1S/C20H20N4O4/c1-23(16(25)13-28-15-10-6-3-7-11-15)17-18(21)24(20(27)22-19(17)26)12-14-8-4-2-5-9-14/h2-11H,12-13,21H2,1H3,(H,22,26,27). The number of para-hydroxylation sites is 1. The minimum atomic E-state index is -0.734. The summed E-state index contributed by atoms with van der Waals surface area (Å²) in [4.78, 5) is 40.3. The first-order valence-corrected chi connectivity index (χ1v) is 8.58. The van der Waals surface area contributed by atoms with Gasteiger partial charge in [0.05, 0.1) is 6.54 Å². The number of ether oxygens (including phenoxy) is 1. The molecule has 8 nitrogen and oxygen atoms in total. The number of H-pyrrole nitrogens is 1. The summed E-state index contributed by atoms with van der Waals surface area (Å²) in [6, 6.07) is 18.0. The van der Waals surface area contributed by atoms with Crippen molar-refractivity contribution in [1.82, 2.24) is 9.55 Å². The maximum absolute atomic E-state index is 12.5. The normalized spacial score (nSPS) is 10.5. The molecular formula is C20H20N4O4. The van der Waals surface area contributed by atoms with Crippen LogP contribution in [-0.2, 0) is 11.3 Å². The molecule has 0 bridgehead atoms. The van der Waals surface area contributed by atoms with E-state index in [1.807, 2.05) is 36.4 Å². The van der Waals surface area contributed by atoms with E-state index in [2.05, 4.69) is 4.98 Å². The van der Waals surface area contributed by atoms with Gasteiger partial charge in [0.1, 0.15) is 11.6 Å². The number of benzene rings is 2. The number of amides is 1. The minimum absolute atomic E-state index is 0.0897. The second-order valence-electron chi connectivity index (χ2n) is 6.12. The Morgan fingerprint density at radius 1 is 1.07 bits per heavy atom. The SMILES string of the molecule is CN(C(=O)COc1ccccc1)c1c(N)n(Cc2ccccc2)c(=O)[nH]c1=O. The van der Waals surface area contributed by atoms with Gasteiger partial charge in [-0.3, -0.25) is 19.1 Å². The second-order valence-corrected chi connectivity index (χ2v) is 6.12. The topological polar surface area (TPSA) is 110 Å². The van der Waals surface area contributed by atoms with Crippen molar-refractivity contribution in [3.63, 3.8) is 0 Å². The molecule has 0 spiro atoms. The number of likely N-dealkylation sites (N-methyl/N-ethyl adjacent to an activating group) is 1. The van der Waals surface area contributed by atoms with Crippen LogP contribution in [0.3, 0.4) is 0 Å². The van der Waals surface area contributed by atoms with E-state index in [0.717, 1.165) is 10.5 Å². The van der Waals surface area contributed by atoms with Crippen LogP contribution in [0.1, 0.15) is 5.56 Å². The van der Waals surface area contributed by atoms with E-state index < -0.39 is 17.2 Å². The summed E-state index contributed by atoms with van der Waals surface area (Å²) in [5.74, 6) is -0.0423. The molecule has 3 rings (SSSR count). The van der Waals surface area contributed by atoms with Gasteiger partial charge in [-0.05, 0) is 17.7 Å². The number of carbonyl (C=O) groups is 1. The summed E-state index contributed by atoms with van der Waals surface area (Å²) in [7, 11) is 1.41. The lowest BCUT2D eigenvalue weighted by molar-refractivity contribution is -0.120. The lowest BCUT2D eigenvalue weighted by Gasteiger charge is -2.20. The molecule has 0 aliphatic carbocycles. The second kappa shape index (κ2) is 8.26. The third kappa shape index (κ3) is 4.12. The summed E-state index contributed by atoms with van der Waals surface area (Å²) in [5.41, 5.74) is 5.44. The molecule has 0 fully saturated rings. The highest BCUT2D eigenvalue weighted by Gasteiger charge is 2.21. The molecule has 0 aliphatic heterocycles. The van der Waals surface area contributed by atoms with Crippen molar-refractivity contribution in [2.75, 3.05) is 24.3 Å². The molecule has 2 aromatic carbocycles. The molecule has 0 aliphatic rings. The first-order chi connectivity index (χ1) is 13.5. The van der Waals surface area contributed by atoms with Gasteiger partial charge in [0.15, 0.2) is 12.3 Å². The summed E-state index contributed by atoms with van der Waals surface area (Å²) in [6.45, 7) is -0.116. The lowest BCUT2D eigenvalue weighted by Crippen LogP contribution is -2.41. The van der Waals surface area contributed by atoms with Crippen molar-refractivity contribution in [3.8, 4) is 5.75 Å². The van der Waals surface area contributed by atoms with Gasteiger partial charge in [0.25, 0.3) is 11.5 Å². The average Bonchev–Trinajstić information content (AvgIpc) is 2.70. The fourth-order valence-electron chi connectivity index (χ4n) is 2.71. The first kappa shape index (κ1) is 19.0. The number of nitrogens with one attached hydrogen (secondary N) is 1. The van der Waals surface area contributed by atoms with Gasteiger partial charge in [-0.1, -0.05) is 48.5 Å². The number of aromatic nitrogens is 2. The third-order valence-electron chi connectivity index (χ3n) is 4.21. The van der Waals surface area contributed by atoms with Crippen molar-refractivity contribution in [3.05, 3.63) is 87.1 Å². The maximum Gasteiger partial charge on any atom is 0.330 e. The zero-order valence-electron chi connectivity index (χ0n) is 15.3. The summed E-state index contributed by atoms with van der Waals surface area (Å²) >= 11 is 0. The first-order valence-electron chi connectivity index (χ1n) is 8.58. The largest absolute Gasteiger partial charge is 0.484 e. The Bertz CT molecular complexity index is 1070. The maximum atomic E-state index is 12.5. The van der Waals surface area contributed by atoms with Crippen LogP contribution in [0.25, 0.3) is 0 Å². The summed E-state index contributed by atoms with van der Waals surface area (Å²) in [6.07, 6.45) is 0. The molecular weight excluding hydrogens is 360 g/mol. The summed E-state index contributed by atoms with van der Waals surface area (Å²) < 4.78 is 6.64. The van der Waals surface area contributed by atoms with Crippen LogP contribution in [0.5, 0.6) is 5.75 Å². The molecule has 0 radical (unpaired) electrons. The highest BCUT2D eigenvalue weighted by atomic mass is 16.5. The van der Waals surface area contributed by atoms with Gasteiger partial charge >= 0.3 is 5.69 Å². The zero-order valence-corrected chi connectivity index (χ0v) is 15.3. The van der Waals surface area contributed by atoms with Crippen molar-refractivity contribution < 1.29 is 9.53 Å². The van der Waals surface area contributed by atoms with Crippen LogP contribution < -0.4 is 26.6 Å². The molecule has 28 heavy (non-hydrogen) atoms. The van der Waals surface area contributed by atoms with Gasteiger partial charge in [0, 0.05) is 7.05 Å². The van der Waals surface area contributed by atoms with E-state index in [4.69, 9.17) is 10.5 Å². The molecule has 1 heterocycles. The van der Waals surface area contributed by atoms with Gasteiger partial charge in [-0.15, -0.1) is 0 Å². The molecule has 3 N–H and O–H groups in total. The Kier molecular flexibility index (Phi) is 5.59. The predicted octanol–water partition coefficient (Wildman–Crippen LogP) is 1.21. The zero-order chi connectivity index (χ0) is 20.1. The number of hydrogen-bond acceptors (Lipinski definition) is 5. The Hall–Kier alpha value is -3.81. The fourth-order valence-corrected chi connectivity index (χ4v) is 2.71. The van der Waals surface area contributed by atoms with E-state index in [9.17, 15) is 14.4 Å². The van der Waals surface area contributed by atoms with Gasteiger partial charge in [-0.25, -0.2) is 4.79 Å². The number of nitrogen functional groups attached to an aromatic ring is 1. The minimum Gasteiger partial charge on any atom is -0.484 e. The number of nitrogens with two attached hydrogens (primary N) is 1. The third-order valence-corrected chi connectivity index (χ3v) is 4.21. The van der Waals surface area contributed by atoms with Crippen molar-refractivity contribution in [2.24, 2.45) is 0 Å². The van der Waals surface area contributed by atoms with Crippen molar-refractivity contribution in [2.45, 2.75) is 6.54 Å². The quantitative estimate of drug-likeness (QED) is 0.668. The number of hydrogen-bond donors (Lipinski definition) is 2. The molecule has 0 saturated carbocycles. The summed E-state index contributed by atoms with van der Waals surface area (Å²) in [5, 5.41) is 0. The molecule has 0 atom stereocenters. The van der Waals surface area contributed by atoms with Crippen LogP contribution in [0.15, 0.2) is 70.3 Å². The highest BCUT2D eigenvalue weighted by molar-refractivity contribution is 5.96. The smallest absolute Gasteiger partial charge is 0.330 e. The molecule has 144 valence electrons. The Morgan fingerprint density at radius 3 is 2.32 bits per heavy atom. The Labute approximate surface area is 160 Å². The monoisotopic (exact) mass is 380 g/mol. The van der Waals surface area contributed by atoms with Crippen LogP contribution in [-0.4, -0.2) is 29.1 Å². The van der Waals surface area contributed by atoms with Crippen LogP contribution in [0.4, 0.5) is 11.5 Å².